The lowest BCUT2D eigenvalue weighted by Gasteiger charge is -2.17. The molecule has 9 nitrogen and oxygen atoms in total. The molecule has 1 aliphatic carbocycles. The van der Waals surface area contributed by atoms with Gasteiger partial charge in [0, 0.05) is 5.92 Å². The topological polar surface area (TPSA) is 131 Å². The highest BCUT2D eigenvalue weighted by molar-refractivity contribution is 5.61. The van der Waals surface area contributed by atoms with Gasteiger partial charge in [0.2, 0.25) is 5.82 Å². The molecule has 2 rings (SSSR count). The van der Waals surface area contributed by atoms with Gasteiger partial charge in [0.25, 0.3) is 5.88 Å². The van der Waals surface area contributed by atoms with Crippen molar-refractivity contribution in [2.75, 3.05) is 19.0 Å². The molecule has 1 fully saturated rings. The van der Waals surface area contributed by atoms with E-state index in [9.17, 15) is 19.6 Å². The second kappa shape index (κ2) is 6.14. The number of nitro groups is 1. The van der Waals surface area contributed by atoms with Crippen molar-refractivity contribution in [2.45, 2.75) is 24.7 Å². The summed E-state index contributed by atoms with van der Waals surface area (Å²) in [7, 11) is 1.22. The molecule has 21 heavy (non-hydrogen) atoms. The molecule has 1 saturated carbocycles. The summed E-state index contributed by atoms with van der Waals surface area (Å²) in [6.45, 7) is -0.504. The van der Waals surface area contributed by atoms with Crippen LogP contribution < -0.4 is 10.1 Å². The molecule has 1 aromatic heterocycles. The fraction of sp³-hybridized carbons (Fsp3) is 0.636. The quantitative estimate of drug-likeness (QED) is 0.507. The molecule has 3 N–H and O–H groups in total. The van der Waals surface area contributed by atoms with Crippen LogP contribution in [0.4, 0.5) is 15.9 Å². The number of methoxy groups -OCH3 is 1. The molecule has 0 aliphatic heterocycles. The van der Waals surface area contributed by atoms with E-state index < -0.39 is 41.5 Å². The number of hydrogen-bond acceptors (Lipinski definition) is 8. The van der Waals surface area contributed by atoms with Crippen molar-refractivity contribution in [2.24, 2.45) is 5.92 Å². The molecule has 0 unspecified atom stereocenters. The second-order valence-corrected chi connectivity index (χ2v) is 4.68. The summed E-state index contributed by atoms with van der Waals surface area (Å²) in [6, 6.07) is -0.893. The van der Waals surface area contributed by atoms with Crippen molar-refractivity contribution in [3.05, 3.63) is 16.4 Å². The average Bonchev–Trinajstić information content (AvgIpc) is 2.72. The molecule has 1 aromatic rings. The first-order valence-corrected chi connectivity index (χ1v) is 6.22. The van der Waals surface area contributed by atoms with E-state index in [1.54, 1.807) is 0 Å². The van der Waals surface area contributed by atoms with E-state index in [0.717, 1.165) is 6.33 Å². The fourth-order valence-corrected chi connectivity index (χ4v) is 2.39. The maximum Gasteiger partial charge on any atom is 0.372 e. The van der Waals surface area contributed by atoms with E-state index in [0.29, 0.717) is 0 Å². The summed E-state index contributed by atoms with van der Waals surface area (Å²) in [4.78, 5) is 17.7. The zero-order valence-electron chi connectivity index (χ0n) is 11.1. The first kappa shape index (κ1) is 15.3. The van der Waals surface area contributed by atoms with E-state index >= 15 is 0 Å². The molecule has 0 spiro atoms. The molecular formula is C11H15FN4O5. The van der Waals surface area contributed by atoms with E-state index in [-0.39, 0.29) is 18.1 Å². The van der Waals surface area contributed by atoms with Gasteiger partial charge >= 0.3 is 5.69 Å². The van der Waals surface area contributed by atoms with E-state index in [1.165, 1.54) is 7.11 Å². The molecule has 0 amide bonds. The van der Waals surface area contributed by atoms with Gasteiger partial charge in [-0.3, -0.25) is 10.1 Å². The van der Waals surface area contributed by atoms with Crippen molar-refractivity contribution >= 4 is 11.5 Å². The summed E-state index contributed by atoms with van der Waals surface area (Å²) in [6.07, 6.45) is -1.51. The van der Waals surface area contributed by atoms with Gasteiger partial charge in [-0.2, -0.15) is 4.98 Å². The highest BCUT2D eigenvalue weighted by Gasteiger charge is 2.43. The minimum atomic E-state index is -1.55. The standard InChI is InChI=1S/C11H15FN4O5/c1-21-11-9(16(19)20)10(13-4-14-11)15-6-2-7(18)5(3-17)8(6)12/h4-8,17-18H,2-3H2,1H3,(H,13,14,15)/t5-,6+,7+,8+/m1/s1. The molecule has 116 valence electrons. The number of halogens is 1. The van der Waals surface area contributed by atoms with Crippen molar-refractivity contribution in [1.29, 1.82) is 0 Å². The number of hydrogen-bond donors (Lipinski definition) is 3. The van der Waals surface area contributed by atoms with Gasteiger partial charge in [0.15, 0.2) is 0 Å². The van der Waals surface area contributed by atoms with Crippen LogP contribution in [0.3, 0.4) is 0 Å². The number of anilines is 1. The number of nitrogens with one attached hydrogen (secondary N) is 1. The molecular weight excluding hydrogens is 287 g/mol. The van der Waals surface area contributed by atoms with Crippen LogP contribution in [-0.4, -0.2) is 57.1 Å². The summed E-state index contributed by atoms with van der Waals surface area (Å²) < 4.78 is 18.9. The highest BCUT2D eigenvalue weighted by Crippen LogP contribution is 2.35. The van der Waals surface area contributed by atoms with Crippen LogP contribution in [0.1, 0.15) is 6.42 Å². The van der Waals surface area contributed by atoms with Crippen molar-refractivity contribution < 1.29 is 24.3 Å². The average molecular weight is 302 g/mol. The number of aliphatic hydroxyl groups is 2. The number of ether oxygens (including phenoxy) is 1. The lowest BCUT2D eigenvalue weighted by molar-refractivity contribution is -0.385. The Labute approximate surface area is 118 Å². The highest BCUT2D eigenvalue weighted by atomic mass is 19.1. The van der Waals surface area contributed by atoms with Gasteiger partial charge in [-0.1, -0.05) is 0 Å². The predicted molar refractivity (Wildman–Crippen MR) is 68.7 cm³/mol. The zero-order chi connectivity index (χ0) is 15.6. The Hall–Kier alpha value is -2.07. The predicted octanol–water partition coefficient (Wildman–Crippen LogP) is -0.115. The number of nitrogens with zero attached hydrogens (tertiary/aromatic N) is 3. The first-order valence-electron chi connectivity index (χ1n) is 6.22. The van der Waals surface area contributed by atoms with Crippen molar-refractivity contribution in [1.82, 2.24) is 9.97 Å². The summed E-state index contributed by atoms with van der Waals surface area (Å²) in [5.74, 6) is -1.36. The smallest absolute Gasteiger partial charge is 0.372 e. The number of alkyl halides is 1. The van der Waals surface area contributed by atoms with E-state index in [4.69, 9.17) is 9.84 Å². The minimum Gasteiger partial charge on any atom is -0.476 e. The molecule has 10 heteroatoms. The fourth-order valence-electron chi connectivity index (χ4n) is 2.39. The molecule has 1 heterocycles. The number of aliphatic hydroxyl groups excluding tert-OH is 2. The van der Waals surface area contributed by atoms with Crippen LogP contribution in [0, 0.1) is 16.0 Å². The second-order valence-electron chi connectivity index (χ2n) is 4.68. The van der Waals surface area contributed by atoms with Crippen LogP contribution >= 0.6 is 0 Å². The van der Waals surface area contributed by atoms with Crippen LogP contribution in [0.5, 0.6) is 5.88 Å². The number of aromatic nitrogens is 2. The Morgan fingerprint density at radius 1 is 1.62 bits per heavy atom. The molecule has 0 bridgehead atoms. The van der Waals surface area contributed by atoms with Crippen molar-refractivity contribution in [3.63, 3.8) is 0 Å². The van der Waals surface area contributed by atoms with Gasteiger partial charge in [0.1, 0.15) is 12.5 Å². The maximum absolute atomic E-state index is 14.1. The molecule has 0 saturated heterocycles. The van der Waals surface area contributed by atoms with Gasteiger partial charge in [-0.25, -0.2) is 9.37 Å². The third kappa shape index (κ3) is 2.85. The first-order chi connectivity index (χ1) is 9.99. The van der Waals surface area contributed by atoms with Crippen LogP contribution in [0.25, 0.3) is 0 Å². The Bertz CT molecular complexity index is 531. The van der Waals surface area contributed by atoms with Crippen LogP contribution in [0.15, 0.2) is 6.33 Å². The van der Waals surface area contributed by atoms with Gasteiger partial charge in [-0.05, 0) is 6.42 Å². The zero-order valence-corrected chi connectivity index (χ0v) is 11.1. The van der Waals surface area contributed by atoms with Gasteiger partial charge in [0.05, 0.1) is 30.8 Å². The lowest BCUT2D eigenvalue weighted by atomic mass is 10.1. The molecule has 0 radical (unpaired) electrons. The van der Waals surface area contributed by atoms with Gasteiger partial charge < -0.3 is 20.3 Å². The number of rotatable bonds is 5. The minimum absolute atomic E-state index is 0.00979. The Balaban J connectivity index is 2.26. The Morgan fingerprint density at radius 2 is 2.33 bits per heavy atom. The summed E-state index contributed by atoms with van der Waals surface area (Å²) in [5.41, 5.74) is -0.505. The van der Waals surface area contributed by atoms with Gasteiger partial charge in [-0.15, -0.1) is 0 Å². The van der Waals surface area contributed by atoms with Crippen LogP contribution in [-0.2, 0) is 0 Å². The summed E-state index contributed by atoms with van der Waals surface area (Å²) in [5, 5.41) is 32.3. The normalized spacial score (nSPS) is 28.4. The maximum atomic E-state index is 14.1. The molecule has 4 atom stereocenters. The largest absolute Gasteiger partial charge is 0.476 e. The monoisotopic (exact) mass is 302 g/mol. The Kier molecular flexibility index (Phi) is 4.48. The van der Waals surface area contributed by atoms with Crippen molar-refractivity contribution in [3.8, 4) is 5.88 Å². The molecule has 0 aromatic carbocycles. The van der Waals surface area contributed by atoms with E-state index in [2.05, 4.69) is 15.3 Å². The third-order valence-electron chi connectivity index (χ3n) is 3.48. The lowest BCUT2D eigenvalue weighted by Crippen LogP contribution is -2.31. The SMILES string of the molecule is COc1ncnc(N[C@H]2C[C@H](O)[C@@H](CO)[C@@H]2F)c1[N+](=O)[O-]. The third-order valence-corrected chi connectivity index (χ3v) is 3.48. The van der Waals surface area contributed by atoms with E-state index in [1.807, 2.05) is 0 Å². The molecule has 1 aliphatic rings. The summed E-state index contributed by atoms with van der Waals surface area (Å²) >= 11 is 0. The van der Waals surface area contributed by atoms with Crippen LogP contribution in [0.2, 0.25) is 0 Å². The Morgan fingerprint density at radius 3 is 2.86 bits per heavy atom.